The second kappa shape index (κ2) is 12.9. The van der Waals surface area contributed by atoms with E-state index in [1.807, 2.05) is 72.8 Å². The monoisotopic (exact) mass is 636 g/mol. The van der Waals surface area contributed by atoms with E-state index in [9.17, 15) is 0 Å². The SMILES string of the molecule is C=CC(=NC(N)(C(=C(c1ccccc1)c1ccccc1N)N1c2ccccc2C(C)(C)c2ccccc21)c1ccccc1)c1ccccc1. The first-order valence-corrected chi connectivity index (χ1v) is 16.6. The molecular formula is C45H40N4. The molecule has 1 aliphatic rings. The van der Waals surface area contributed by atoms with E-state index in [-0.39, 0.29) is 5.41 Å². The van der Waals surface area contributed by atoms with Crippen LogP contribution in [0, 0.1) is 0 Å². The Morgan fingerprint density at radius 2 is 1.10 bits per heavy atom. The number of anilines is 3. The van der Waals surface area contributed by atoms with E-state index in [2.05, 4.69) is 116 Å². The number of aliphatic imine (C=N–C) groups is 1. The molecule has 1 heterocycles. The second-order valence-corrected chi connectivity index (χ2v) is 12.9. The molecule has 4 nitrogen and oxygen atoms in total. The zero-order valence-corrected chi connectivity index (χ0v) is 27.9. The van der Waals surface area contributed by atoms with Crippen molar-refractivity contribution < 1.29 is 0 Å². The third-order valence-corrected chi connectivity index (χ3v) is 9.52. The van der Waals surface area contributed by atoms with Crippen LogP contribution in [-0.2, 0) is 11.1 Å². The van der Waals surface area contributed by atoms with Crippen LogP contribution in [0.1, 0.15) is 47.2 Å². The Bertz CT molecular complexity index is 2130. The number of hydrogen-bond acceptors (Lipinski definition) is 4. The maximum Gasteiger partial charge on any atom is 0.176 e. The fourth-order valence-corrected chi connectivity index (χ4v) is 7.11. The van der Waals surface area contributed by atoms with Crippen LogP contribution < -0.4 is 16.4 Å². The van der Waals surface area contributed by atoms with Crippen LogP contribution in [0.4, 0.5) is 17.1 Å². The number of benzene rings is 6. The van der Waals surface area contributed by atoms with Crippen LogP contribution in [0.5, 0.6) is 0 Å². The third-order valence-electron chi connectivity index (χ3n) is 9.52. The summed E-state index contributed by atoms with van der Waals surface area (Å²) in [5, 5.41) is 0. The van der Waals surface area contributed by atoms with Gasteiger partial charge in [0.25, 0.3) is 0 Å². The molecule has 0 amide bonds. The summed E-state index contributed by atoms with van der Waals surface area (Å²) in [4.78, 5) is 7.89. The van der Waals surface area contributed by atoms with Gasteiger partial charge in [0.1, 0.15) is 0 Å². The van der Waals surface area contributed by atoms with E-state index in [0.717, 1.165) is 44.9 Å². The molecule has 49 heavy (non-hydrogen) atoms. The number of nitrogens with zero attached hydrogens (tertiary/aromatic N) is 2. The van der Waals surface area contributed by atoms with Crippen LogP contribution in [0.25, 0.3) is 5.57 Å². The zero-order valence-electron chi connectivity index (χ0n) is 27.9. The van der Waals surface area contributed by atoms with Gasteiger partial charge in [-0.2, -0.15) is 0 Å². The second-order valence-electron chi connectivity index (χ2n) is 12.9. The van der Waals surface area contributed by atoms with E-state index >= 15 is 0 Å². The Balaban J connectivity index is 1.72. The van der Waals surface area contributed by atoms with Gasteiger partial charge in [-0.25, -0.2) is 0 Å². The molecule has 1 atom stereocenters. The number of nitrogens with two attached hydrogens (primary N) is 2. The van der Waals surface area contributed by atoms with Crippen LogP contribution >= 0.6 is 0 Å². The minimum Gasteiger partial charge on any atom is -0.398 e. The molecule has 4 heteroatoms. The summed E-state index contributed by atoms with van der Waals surface area (Å²) >= 11 is 0. The van der Waals surface area contributed by atoms with Crippen molar-refractivity contribution >= 4 is 28.3 Å². The highest BCUT2D eigenvalue weighted by atomic mass is 15.2. The molecule has 7 rings (SSSR count). The summed E-state index contributed by atoms with van der Waals surface area (Å²) in [5.74, 6) is 0. The van der Waals surface area contributed by atoms with E-state index < -0.39 is 5.66 Å². The predicted octanol–water partition coefficient (Wildman–Crippen LogP) is 9.99. The van der Waals surface area contributed by atoms with E-state index in [0.29, 0.717) is 11.4 Å². The van der Waals surface area contributed by atoms with Crippen molar-refractivity contribution in [3.63, 3.8) is 0 Å². The number of fused-ring (bicyclic) bond motifs is 2. The highest BCUT2D eigenvalue weighted by Gasteiger charge is 2.45. The van der Waals surface area contributed by atoms with Gasteiger partial charge >= 0.3 is 0 Å². The maximum atomic E-state index is 8.04. The minimum atomic E-state index is -1.45. The number of rotatable bonds is 8. The smallest absolute Gasteiger partial charge is 0.176 e. The Morgan fingerprint density at radius 1 is 0.633 bits per heavy atom. The van der Waals surface area contributed by atoms with E-state index in [1.54, 1.807) is 6.08 Å². The van der Waals surface area contributed by atoms with Gasteiger partial charge in [-0.15, -0.1) is 0 Å². The third kappa shape index (κ3) is 5.56. The van der Waals surface area contributed by atoms with Crippen molar-refractivity contribution in [1.82, 2.24) is 0 Å². The topological polar surface area (TPSA) is 67.6 Å². The number of nitrogen functional groups attached to an aromatic ring is 1. The van der Waals surface area contributed by atoms with Gasteiger partial charge < -0.3 is 10.6 Å². The number of allylic oxidation sites excluding steroid dienone is 1. The quantitative estimate of drug-likeness (QED) is 0.129. The van der Waals surface area contributed by atoms with Crippen molar-refractivity contribution in [3.8, 4) is 0 Å². The molecule has 0 saturated heterocycles. The standard InChI is InChI=1S/C45H40N4/c1-4-39(32-20-8-5-9-21-32)48-45(47,34-24-12-7-13-25-34)43(42(33-22-10-6-11-23-33)35-26-14-17-29-38(35)46)49-40-30-18-15-27-36(40)44(2,3)37-28-16-19-31-41(37)49/h4-31H,1,46-47H2,2-3H3. The molecule has 0 aliphatic carbocycles. The van der Waals surface area contributed by atoms with Crippen LogP contribution in [0.3, 0.4) is 0 Å². The molecule has 0 spiro atoms. The number of para-hydroxylation sites is 3. The summed E-state index contributed by atoms with van der Waals surface area (Å²) in [6.07, 6.45) is 1.79. The summed E-state index contributed by atoms with van der Waals surface area (Å²) < 4.78 is 0. The molecule has 0 bridgehead atoms. The van der Waals surface area contributed by atoms with Crippen molar-refractivity contribution in [1.29, 1.82) is 0 Å². The molecule has 0 fully saturated rings. The minimum absolute atomic E-state index is 0.281. The Kier molecular flexibility index (Phi) is 8.33. The normalized spacial score (nSPS) is 15.3. The van der Waals surface area contributed by atoms with Crippen molar-refractivity contribution in [3.05, 3.63) is 216 Å². The highest BCUT2D eigenvalue weighted by Crippen LogP contribution is 2.54. The summed E-state index contributed by atoms with van der Waals surface area (Å²) in [5.41, 5.74) is 24.2. The predicted molar refractivity (Wildman–Crippen MR) is 206 cm³/mol. The van der Waals surface area contributed by atoms with Gasteiger partial charge in [0.05, 0.1) is 22.8 Å². The molecular weight excluding hydrogens is 597 g/mol. The molecule has 1 unspecified atom stereocenters. The lowest BCUT2D eigenvalue weighted by atomic mass is 9.72. The van der Waals surface area contributed by atoms with Crippen molar-refractivity contribution in [2.45, 2.75) is 24.9 Å². The van der Waals surface area contributed by atoms with Gasteiger partial charge in [-0.3, -0.25) is 10.7 Å². The Labute approximate surface area is 289 Å². The average molecular weight is 637 g/mol. The van der Waals surface area contributed by atoms with Crippen LogP contribution in [-0.4, -0.2) is 5.71 Å². The molecule has 6 aromatic rings. The molecule has 6 aromatic carbocycles. The average Bonchev–Trinajstić information content (AvgIpc) is 3.15. The molecule has 0 saturated carbocycles. The lowest BCUT2D eigenvalue weighted by Crippen LogP contribution is -2.46. The molecule has 0 radical (unpaired) electrons. The fourth-order valence-electron chi connectivity index (χ4n) is 7.11. The lowest BCUT2D eigenvalue weighted by Gasteiger charge is -2.47. The largest absolute Gasteiger partial charge is 0.398 e. The van der Waals surface area contributed by atoms with Gasteiger partial charge in [0.15, 0.2) is 5.66 Å². The van der Waals surface area contributed by atoms with Gasteiger partial charge in [0.2, 0.25) is 0 Å². The molecule has 4 N–H and O–H groups in total. The first-order chi connectivity index (χ1) is 23.8. The summed E-state index contributed by atoms with van der Waals surface area (Å²) in [7, 11) is 0. The van der Waals surface area contributed by atoms with Crippen molar-refractivity contribution in [2.75, 3.05) is 10.6 Å². The first-order valence-electron chi connectivity index (χ1n) is 16.6. The summed E-state index contributed by atoms with van der Waals surface area (Å²) in [6.45, 7) is 8.79. The zero-order chi connectivity index (χ0) is 34.0. The molecule has 240 valence electrons. The molecule has 1 aliphatic heterocycles. The number of hydrogen-bond donors (Lipinski definition) is 2. The van der Waals surface area contributed by atoms with E-state index in [4.69, 9.17) is 16.5 Å². The Morgan fingerprint density at radius 3 is 1.65 bits per heavy atom. The first kappa shape index (κ1) is 31.6. The highest BCUT2D eigenvalue weighted by molar-refractivity contribution is 6.09. The maximum absolute atomic E-state index is 8.04. The fraction of sp³-hybridized carbons (Fsp3) is 0.0889. The molecule has 0 aromatic heterocycles. The van der Waals surface area contributed by atoms with Crippen LogP contribution in [0.15, 0.2) is 187 Å². The Hall–Kier alpha value is -5.97. The van der Waals surface area contributed by atoms with Gasteiger partial charge in [-0.05, 0) is 52.1 Å². The van der Waals surface area contributed by atoms with Gasteiger partial charge in [-0.1, -0.05) is 166 Å². The summed E-state index contributed by atoms with van der Waals surface area (Å²) in [6, 6.07) is 55.8. The van der Waals surface area contributed by atoms with Crippen molar-refractivity contribution in [2.24, 2.45) is 10.7 Å². The van der Waals surface area contributed by atoms with Gasteiger partial charge in [0, 0.05) is 22.2 Å². The lowest BCUT2D eigenvalue weighted by molar-refractivity contribution is 0.541. The van der Waals surface area contributed by atoms with E-state index in [1.165, 1.54) is 11.1 Å². The van der Waals surface area contributed by atoms with Crippen LogP contribution in [0.2, 0.25) is 0 Å².